The SMILES string of the molecule is CC1CC1C(=O)Nc1cccc(C(=O)NC(C(=O)O)c2ccc(Cl)cc2)c1. The van der Waals surface area contributed by atoms with E-state index in [1.807, 2.05) is 6.92 Å². The van der Waals surface area contributed by atoms with Crippen molar-refractivity contribution >= 4 is 35.1 Å². The maximum atomic E-state index is 12.5. The molecule has 2 amide bonds. The number of carboxylic acid groups (broad SMARTS) is 1. The zero-order chi connectivity index (χ0) is 19.6. The van der Waals surface area contributed by atoms with Crippen molar-refractivity contribution in [1.29, 1.82) is 0 Å². The number of carbonyl (C=O) groups is 3. The largest absolute Gasteiger partial charge is 0.479 e. The summed E-state index contributed by atoms with van der Waals surface area (Å²) in [6.45, 7) is 2.01. The Morgan fingerprint density at radius 1 is 1.15 bits per heavy atom. The van der Waals surface area contributed by atoms with E-state index in [1.54, 1.807) is 42.5 Å². The van der Waals surface area contributed by atoms with Gasteiger partial charge in [0.05, 0.1) is 0 Å². The third kappa shape index (κ3) is 4.65. The number of nitrogens with one attached hydrogen (secondary N) is 2. The summed E-state index contributed by atoms with van der Waals surface area (Å²) in [6.07, 6.45) is 0.868. The lowest BCUT2D eigenvalue weighted by Crippen LogP contribution is -2.33. The highest BCUT2D eigenvalue weighted by molar-refractivity contribution is 6.30. The van der Waals surface area contributed by atoms with Gasteiger partial charge in [0.2, 0.25) is 5.91 Å². The zero-order valence-electron chi connectivity index (χ0n) is 14.6. The average molecular weight is 387 g/mol. The number of anilines is 1. The first-order chi connectivity index (χ1) is 12.8. The van der Waals surface area contributed by atoms with Crippen LogP contribution in [0.1, 0.15) is 35.3 Å². The number of amides is 2. The Balaban J connectivity index is 1.72. The maximum absolute atomic E-state index is 12.5. The number of rotatable bonds is 6. The molecule has 1 aliphatic rings. The molecular weight excluding hydrogens is 368 g/mol. The summed E-state index contributed by atoms with van der Waals surface area (Å²) in [5, 5.41) is 15.2. The smallest absolute Gasteiger partial charge is 0.330 e. The molecule has 0 heterocycles. The number of hydrogen-bond acceptors (Lipinski definition) is 3. The second kappa shape index (κ2) is 7.80. The van der Waals surface area contributed by atoms with E-state index in [2.05, 4.69) is 10.6 Å². The van der Waals surface area contributed by atoms with Crippen molar-refractivity contribution < 1.29 is 19.5 Å². The second-order valence-corrected chi connectivity index (χ2v) is 7.12. The van der Waals surface area contributed by atoms with Crippen molar-refractivity contribution in [2.24, 2.45) is 11.8 Å². The molecule has 3 unspecified atom stereocenters. The lowest BCUT2D eigenvalue weighted by molar-refractivity contribution is -0.139. The van der Waals surface area contributed by atoms with Crippen LogP contribution in [0, 0.1) is 11.8 Å². The van der Waals surface area contributed by atoms with Gasteiger partial charge in [-0.2, -0.15) is 0 Å². The fraction of sp³-hybridized carbons (Fsp3) is 0.250. The quantitative estimate of drug-likeness (QED) is 0.708. The van der Waals surface area contributed by atoms with Gasteiger partial charge >= 0.3 is 5.97 Å². The monoisotopic (exact) mass is 386 g/mol. The first-order valence-electron chi connectivity index (χ1n) is 8.55. The normalized spacial score (nSPS) is 19.0. The highest BCUT2D eigenvalue weighted by atomic mass is 35.5. The van der Waals surface area contributed by atoms with Crippen LogP contribution in [-0.2, 0) is 9.59 Å². The molecule has 3 atom stereocenters. The maximum Gasteiger partial charge on any atom is 0.330 e. The van der Waals surface area contributed by atoms with Gasteiger partial charge in [-0.3, -0.25) is 9.59 Å². The fourth-order valence-corrected chi connectivity index (χ4v) is 2.94. The van der Waals surface area contributed by atoms with Gasteiger partial charge in [0, 0.05) is 22.2 Å². The summed E-state index contributed by atoms with van der Waals surface area (Å²) in [7, 11) is 0. The van der Waals surface area contributed by atoms with Crippen LogP contribution in [0.15, 0.2) is 48.5 Å². The minimum absolute atomic E-state index is 0.0174. The topological polar surface area (TPSA) is 95.5 Å². The Bertz CT molecular complexity index is 882. The number of aliphatic carboxylic acids is 1. The molecule has 0 spiro atoms. The molecule has 2 aromatic carbocycles. The molecule has 1 fully saturated rings. The Morgan fingerprint density at radius 3 is 2.41 bits per heavy atom. The molecule has 0 radical (unpaired) electrons. The molecular formula is C20H19ClN2O4. The number of halogens is 1. The molecule has 3 N–H and O–H groups in total. The zero-order valence-corrected chi connectivity index (χ0v) is 15.4. The summed E-state index contributed by atoms with van der Waals surface area (Å²) in [6, 6.07) is 11.4. The first kappa shape index (κ1) is 18.9. The van der Waals surface area contributed by atoms with Crippen LogP contribution in [-0.4, -0.2) is 22.9 Å². The van der Waals surface area contributed by atoms with Crippen LogP contribution in [0.4, 0.5) is 5.69 Å². The van der Waals surface area contributed by atoms with Crippen LogP contribution in [0.25, 0.3) is 0 Å². The Morgan fingerprint density at radius 2 is 1.81 bits per heavy atom. The van der Waals surface area contributed by atoms with E-state index in [-0.39, 0.29) is 17.4 Å². The van der Waals surface area contributed by atoms with Crippen molar-refractivity contribution in [3.05, 3.63) is 64.7 Å². The predicted octanol–water partition coefficient (Wildman–Crippen LogP) is 3.49. The molecule has 3 rings (SSSR count). The van der Waals surface area contributed by atoms with Crippen LogP contribution in [0.5, 0.6) is 0 Å². The van der Waals surface area contributed by atoms with E-state index in [9.17, 15) is 19.5 Å². The van der Waals surface area contributed by atoms with Crippen LogP contribution in [0.2, 0.25) is 5.02 Å². The molecule has 6 nitrogen and oxygen atoms in total. The molecule has 7 heteroatoms. The van der Waals surface area contributed by atoms with Crippen molar-refractivity contribution in [3.63, 3.8) is 0 Å². The van der Waals surface area contributed by atoms with Gasteiger partial charge in [-0.1, -0.05) is 36.7 Å². The van der Waals surface area contributed by atoms with E-state index >= 15 is 0 Å². The van der Waals surface area contributed by atoms with Crippen molar-refractivity contribution in [1.82, 2.24) is 5.32 Å². The Kier molecular flexibility index (Phi) is 5.46. The summed E-state index contributed by atoms with van der Waals surface area (Å²) in [4.78, 5) is 36.1. The highest BCUT2D eigenvalue weighted by Gasteiger charge is 2.39. The average Bonchev–Trinajstić information content (AvgIpc) is 3.37. The standard InChI is InChI=1S/C20H19ClN2O4/c1-11-9-16(11)19(25)22-15-4-2-3-13(10-15)18(24)23-17(20(26)27)12-5-7-14(21)8-6-12/h2-8,10-11,16-17H,9H2,1H3,(H,22,25)(H,23,24)(H,26,27). The summed E-state index contributed by atoms with van der Waals surface area (Å²) >= 11 is 5.82. The molecule has 1 saturated carbocycles. The Hall–Kier alpha value is -2.86. The molecule has 0 saturated heterocycles. The van der Waals surface area contributed by atoms with Crippen molar-refractivity contribution in [2.45, 2.75) is 19.4 Å². The molecule has 2 aromatic rings. The van der Waals surface area contributed by atoms with Gasteiger partial charge in [0.1, 0.15) is 0 Å². The number of hydrogen-bond donors (Lipinski definition) is 3. The lowest BCUT2D eigenvalue weighted by Gasteiger charge is -2.15. The third-order valence-corrected chi connectivity index (χ3v) is 4.82. The van der Waals surface area contributed by atoms with Crippen LogP contribution < -0.4 is 10.6 Å². The van der Waals surface area contributed by atoms with E-state index in [0.717, 1.165) is 6.42 Å². The van der Waals surface area contributed by atoms with Gasteiger partial charge in [-0.15, -0.1) is 0 Å². The third-order valence-electron chi connectivity index (χ3n) is 4.56. The number of carboxylic acids is 1. The van der Waals surface area contributed by atoms with Crippen molar-refractivity contribution in [2.75, 3.05) is 5.32 Å². The van der Waals surface area contributed by atoms with E-state index < -0.39 is 17.9 Å². The van der Waals surface area contributed by atoms with Gasteiger partial charge in [-0.05, 0) is 48.2 Å². The number of benzene rings is 2. The molecule has 1 aliphatic carbocycles. The fourth-order valence-electron chi connectivity index (χ4n) is 2.82. The van der Waals surface area contributed by atoms with Gasteiger partial charge < -0.3 is 15.7 Å². The summed E-state index contributed by atoms with van der Waals surface area (Å²) in [5.41, 5.74) is 1.18. The first-order valence-corrected chi connectivity index (χ1v) is 8.93. The summed E-state index contributed by atoms with van der Waals surface area (Å²) < 4.78 is 0. The predicted molar refractivity (Wildman–Crippen MR) is 102 cm³/mol. The molecule has 0 bridgehead atoms. The van der Waals surface area contributed by atoms with Crippen molar-refractivity contribution in [3.8, 4) is 0 Å². The molecule has 0 aliphatic heterocycles. The molecule has 0 aromatic heterocycles. The van der Waals surface area contributed by atoms with Gasteiger partial charge in [-0.25, -0.2) is 4.79 Å². The van der Waals surface area contributed by atoms with Gasteiger partial charge in [0.15, 0.2) is 6.04 Å². The second-order valence-electron chi connectivity index (χ2n) is 6.69. The number of carbonyl (C=O) groups excluding carboxylic acids is 2. The van der Waals surface area contributed by atoms with Crippen LogP contribution in [0.3, 0.4) is 0 Å². The minimum atomic E-state index is -1.21. The van der Waals surface area contributed by atoms with Gasteiger partial charge in [0.25, 0.3) is 5.91 Å². The van der Waals surface area contributed by atoms with E-state index in [1.165, 1.54) is 6.07 Å². The highest BCUT2D eigenvalue weighted by Crippen LogP contribution is 2.38. The summed E-state index contributed by atoms with van der Waals surface area (Å²) in [5.74, 6) is -1.40. The Labute approximate surface area is 161 Å². The molecule has 140 valence electrons. The van der Waals surface area contributed by atoms with Crippen LogP contribution >= 0.6 is 11.6 Å². The minimum Gasteiger partial charge on any atom is -0.479 e. The van der Waals surface area contributed by atoms with E-state index in [4.69, 9.17) is 11.6 Å². The molecule has 27 heavy (non-hydrogen) atoms. The van der Waals surface area contributed by atoms with E-state index in [0.29, 0.717) is 22.2 Å². The lowest BCUT2D eigenvalue weighted by atomic mass is 10.1.